The van der Waals surface area contributed by atoms with E-state index in [2.05, 4.69) is 4.98 Å². The number of imidazole rings is 1. The largest absolute Gasteiger partial charge is 0.508 e. The van der Waals surface area contributed by atoms with Gasteiger partial charge in [0.25, 0.3) is 0 Å². The van der Waals surface area contributed by atoms with Crippen molar-refractivity contribution in [1.29, 1.82) is 0 Å². The van der Waals surface area contributed by atoms with Gasteiger partial charge in [0.1, 0.15) is 17.3 Å². The van der Waals surface area contributed by atoms with Crippen molar-refractivity contribution in [2.75, 3.05) is 0 Å². The Balaban J connectivity index is 1.92. The van der Waals surface area contributed by atoms with Crippen molar-refractivity contribution >= 4 is 0 Å². The van der Waals surface area contributed by atoms with Crippen LogP contribution in [-0.4, -0.2) is 20.2 Å². The summed E-state index contributed by atoms with van der Waals surface area (Å²) in [6, 6.07) is 24.3. The lowest BCUT2D eigenvalue weighted by Gasteiger charge is -2.02. The molecule has 0 unspecified atom stereocenters. The quantitative estimate of drug-likeness (QED) is 0.505. The molecule has 0 aliphatic heterocycles. The molecule has 25 heavy (non-hydrogen) atoms. The van der Waals surface area contributed by atoms with E-state index in [0.29, 0.717) is 11.4 Å². The number of hydrogen-bond donors (Lipinski definition) is 3. The third-order valence-electron chi connectivity index (χ3n) is 4.05. The molecule has 4 aromatic rings. The SMILES string of the molecule is Oc1ccc(-c2nc(-c3ccccc3)c(-c3ccccc3)[nH]2)c(O)c1. The van der Waals surface area contributed by atoms with Crippen molar-refractivity contribution < 1.29 is 10.2 Å². The lowest BCUT2D eigenvalue weighted by atomic mass is 10.1. The minimum absolute atomic E-state index is 0.0133. The Labute approximate surface area is 145 Å². The molecule has 0 aliphatic rings. The number of benzene rings is 3. The summed E-state index contributed by atoms with van der Waals surface area (Å²) in [7, 11) is 0. The predicted molar refractivity (Wildman–Crippen MR) is 98.2 cm³/mol. The fraction of sp³-hybridized carbons (Fsp3) is 0. The molecule has 4 rings (SSSR count). The standard InChI is InChI=1S/C21H16N2O2/c24-16-11-12-17(18(25)13-16)21-22-19(14-7-3-1-4-8-14)20(23-21)15-9-5-2-6-10-15/h1-13,24-25H,(H,22,23). The van der Waals surface area contributed by atoms with E-state index >= 15 is 0 Å². The number of hydrogen-bond acceptors (Lipinski definition) is 3. The molecule has 0 fully saturated rings. The second kappa shape index (κ2) is 6.17. The molecule has 1 aromatic heterocycles. The molecule has 1 heterocycles. The maximum Gasteiger partial charge on any atom is 0.142 e. The van der Waals surface area contributed by atoms with E-state index in [1.54, 1.807) is 6.07 Å². The number of nitrogens with one attached hydrogen (secondary N) is 1. The lowest BCUT2D eigenvalue weighted by Crippen LogP contribution is -1.82. The van der Waals surface area contributed by atoms with Crippen LogP contribution in [0.5, 0.6) is 11.5 Å². The number of aromatic nitrogens is 2. The molecule has 0 radical (unpaired) electrons. The maximum atomic E-state index is 10.2. The molecule has 3 N–H and O–H groups in total. The summed E-state index contributed by atoms with van der Waals surface area (Å²) < 4.78 is 0. The summed E-state index contributed by atoms with van der Waals surface area (Å²) in [5.74, 6) is 0.544. The van der Waals surface area contributed by atoms with Gasteiger partial charge in [-0.3, -0.25) is 0 Å². The fourth-order valence-electron chi connectivity index (χ4n) is 2.84. The highest BCUT2D eigenvalue weighted by molar-refractivity contribution is 5.82. The lowest BCUT2D eigenvalue weighted by molar-refractivity contribution is 0.451. The van der Waals surface area contributed by atoms with Gasteiger partial charge in [-0.25, -0.2) is 4.98 Å². The molecule has 0 spiro atoms. The van der Waals surface area contributed by atoms with E-state index < -0.39 is 0 Å². The van der Waals surface area contributed by atoms with Crippen LogP contribution in [0.1, 0.15) is 0 Å². The monoisotopic (exact) mass is 328 g/mol. The van der Waals surface area contributed by atoms with Crippen molar-refractivity contribution in [2.45, 2.75) is 0 Å². The molecule has 0 aliphatic carbocycles. The molecular weight excluding hydrogens is 312 g/mol. The first-order valence-electron chi connectivity index (χ1n) is 7.95. The number of aromatic hydroxyl groups is 2. The maximum absolute atomic E-state index is 10.2. The van der Waals surface area contributed by atoms with Crippen LogP contribution in [0.15, 0.2) is 78.9 Å². The van der Waals surface area contributed by atoms with E-state index in [-0.39, 0.29) is 11.5 Å². The second-order valence-corrected chi connectivity index (χ2v) is 5.74. The van der Waals surface area contributed by atoms with Crippen LogP contribution < -0.4 is 0 Å². The number of nitrogens with zero attached hydrogens (tertiary/aromatic N) is 1. The zero-order valence-corrected chi connectivity index (χ0v) is 13.3. The Morgan fingerprint density at radius 2 is 1.36 bits per heavy atom. The number of phenols is 2. The summed E-state index contributed by atoms with van der Waals surface area (Å²) in [6.07, 6.45) is 0. The minimum atomic E-state index is -0.0204. The van der Waals surface area contributed by atoms with Crippen molar-refractivity contribution in [3.05, 3.63) is 78.9 Å². The second-order valence-electron chi connectivity index (χ2n) is 5.74. The number of H-pyrrole nitrogens is 1. The molecular formula is C21H16N2O2. The highest BCUT2D eigenvalue weighted by Gasteiger charge is 2.17. The van der Waals surface area contributed by atoms with Crippen LogP contribution in [0.3, 0.4) is 0 Å². The summed E-state index contributed by atoms with van der Waals surface area (Å²) in [5, 5.41) is 19.7. The van der Waals surface area contributed by atoms with E-state index in [9.17, 15) is 10.2 Å². The average molecular weight is 328 g/mol. The van der Waals surface area contributed by atoms with Crippen molar-refractivity contribution in [3.63, 3.8) is 0 Å². The van der Waals surface area contributed by atoms with Crippen molar-refractivity contribution in [2.24, 2.45) is 0 Å². The van der Waals surface area contributed by atoms with E-state index in [1.165, 1.54) is 12.1 Å². The van der Waals surface area contributed by atoms with Gasteiger partial charge in [0.05, 0.1) is 17.0 Å². The summed E-state index contributed by atoms with van der Waals surface area (Å²) in [5.41, 5.74) is 4.24. The van der Waals surface area contributed by atoms with Gasteiger partial charge in [0, 0.05) is 17.2 Å². The Kier molecular flexibility index (Phi) is 3.71. The van der Waals surface area contributed by atoms with Crippen molar-refractivity contribution in [3.8, 4) is 45.4 Å². The van der Waals surface area contributed by atoms with Crippen LogP contribution in [0.4, 0.5) is 0 Å². The minimum Gasteiger partial charge on any atom is -0.508 e. The van der Waals surface area contributed by atoms with Gasteiger partial charge in [0.15, 0.2) is 0 Å². The average Bonchev–Trinajstić information content (AvgIpc) is 3.08. The van der Waals surface area contributed by atoms with Crippen LogP contribution in [0.2, 0.25) is 0 Å². The van der Waals surface area contributed by atoms with E-state index in [4.69, 9.17) is 4.98 Å². The van der Waals surface area contributed by atoms with Crippen LogP contribution in [0, 0.1) is 0 Å². The van der Waals surface area contributed by atoms with Crippen molar-refractivity contribution in [1.82, 2.24) is 9.97 Å². The molecule has 0 saturated heterocycles. The third-order valence-corrected chi connectivity index (χ3v) is 4.05. The van der Waals surface area contributed by atoms with Gasteiger partial charge < -0.3 is 15.2 Å². The normalized spacial score (nSPS) is 10.7. The first-order valence-corrected chi connectivity index (χ1v) is 7.95. The van der Waals surface area contributed by atoms with E-state index in [1.807, 2.05) is 60.7 Å². The topological polar surface area (TPSA) is 69.1 Å². The van der Waals surface area contributed by atoms with Crippen LogP contribution in [-0.2, 0) is 0 Å². The Morgan fingerprint density at radius 1 is 0.720 bits per heavy atom. The first kappa shape index (κ1) is 15.0. The Bertz CT molecular complexity index is 952. The third kappa shape index (κ3) is 2.85. The summed E-state index contributed by atoms with van der Waals surface area (Å²) in [4.78, 5) is 8.04. The highest BCUT2D eigenvalue weighted by Crippen LogP contribution is 2.36. The predicted octanol–water partition coefficient (Wildman–Crippen LogP) is 4.82. The smallest absolute Gasteiger partial charge is 0.142 e. The van der Waals surface area contributed by atoms with Crippen LogP contribution >= 0.6 is 0 Å². The van der Waals surface area contributed by atoms with Crippen LogP contribution in [0.25, 0.3) is 33.9 Å². The summed E-state index contributed by atoms with van der Waals surface area (Å²) >= 11 is 0. The van der Waals surface area contributed by atoms with Gasteiger partial charge in [-0.2, -0.15) is 0 Å². The Hall–Kier alpha value is -3.53. The van der Waals surface area contributed by atoms with E-state index in [0.717, 1.165) is 22.5 Å². The molecule has 4 nitrogen and oxygen atoms in total. The van der Waals surface area contributed by atoms with Gasteiger partial charge >= 0.3 is 0 Å². The molecule has 0 saturated carbocycles. The fourth-order valence-corrected chi connectivity index (χ4v) is 2.84. The van der Waals surface area contributed by atoms with Gasteiger partial charge in [-0.1, -0.05) is 60.7 Å². The number of aromatic amines is 1. The highest BCUT2D eigenvalue weighted by atomic mass is 16.3. The molecule has 0 atom stereocenters. The summed E-state index contributed by atoms with van der Waals surface area (Å²) in [6.45, 7) is 0. The molecule has 4 heteroatoms. The number of phenolic OH excluding ortho intramolecular Hbond substituents is 2. The molecule has 3 aromatic carbocycles. The van der Waals surface area contributed by atoms with Gasteiger partial charge in [-0.05, 0) is 12.1 Å². The molecule has 0 bridgehead atoms. The van der Waals surface area contributed by atoms with Gasteiger partial charge in [0.2, 0.25) is 0 Å². The molecule has 122 valence electrons. The zero-order chi connectivity index (χ0) is 17.2. The Morgan fingerprint density at radius 3 is 2.00 bits per heavy atom. The zero-order valence-electron chi connectivity index (χ0n) is 13.3. The number of rotatable bonds is 3. The first-order chi connectivity index (χ1) is 12.2. The van der Waals surface area contributed by atoms with Gasteiger partial charge in [-0.15, -0.1) is 0 Å². The molecule has 0 amide bonds.